The molecule has 4 bridgehead atoms. The van der Waals surface area contributed by atoms with Crippen LogP contribution in [0.15, 0.2) is 0 Å². The zero-order valence-electron chi connectivity index (χ0n) is 16.5. The summed E-state index contributed by atoms with van der Waals surface area (Å²) < 4.78 is 0. The van der Waals surface area contributed by atoms with Crippen molar-refractivity contribution in [1.29, 1.82) is 0 Å². The summed E-state index contributed by atoms with van der Waals surface area (Å²) >= 11 is 0. The minimum Gasteiger partial charge on any atom is -0.353 e. The second kappa shape index (κ2) is 7.52. The average molecular weight is 361 g/mol. The highest BCUT2D eigenvalue weighted by atomic mass is 16.2. The van der Waals surface area contributed by atoms with Crippen molar-refractivity contribution in [2.24, 2.45) is 35.5 Å². The Morgan fingerprint density at radius 1 is 0.731 bits per heavy atom. The molecule has 26 heavy (non-hydrogen) atoms. The Morgan fingerprint density at radius 3 is 1.46 bits per heavy atom. The van der Waals surface area contributed by atoms with E-state index in [9.17, 15) is 9.59 Å². The lowest BCUT2D eigenvalue weighted by molar-refractivity contribution is -0.127. The van der Waals surface area contributed by atoms with Gasteiger partial charge in [-0.3, -0.25) is 9.59 Å². The zero-order valence-corrected chi connectivity index (χ0v) is 16.5. The van der Waals surface area contributed by atoms with Gasteiger partial charge in [0.2, 0.25) is 11.8 Å². The van der Waals surface area contributed by atoms with Crippen LogP contribution in [0, 0.1) is 35.5 Å². The molecule has 8 atom stereocenters. The number of rotatable bonds is 7. The standard InChI is InChI=1S/C22H36N2O2/c1-13(19-11-15-3-5-17(19)9-15)23-21(25)7-8-22(26)24-14(2)20-12-16-4-6-18(20)10-16/h13-20H,3-12H2,1-2H3,(H,23,25)(H,24,26)/t13-,14-,15-,16-,17-,18-,19+,20+/m1/s1. The maximum Gasteiger partial charge on any atom is 0.220 e. The Kier molecular flexibility index (Phi) is 5.29. The molecule has 0 aromatic heterocycles. The quantitative estimate of drug-likeness (QED) is 0.728. The fraction of sp³-hybridized carbons (Fsp3) is 0.909. The van der Waals surface area contributed by atoms with Crippen LogP contribution < -0.4 is 10.6 Å². The van der Waals surface area contributed by atoms with E-state index in [1.54, 1.807) is 0 Å². The molecule has 0 aliphatic heterocycles. The summed E-state index contributed by atoms with van der Waals surface area (Å²) in [5.74, 6) is 4.85. The molecule has 0 heterocycles. The third-order valence-corrected chi connectivity index (χ3v) is 8.23. The molecule has 2 N–H and O–H groups in total. The van der Waals surface area contributed by atoms with Gasteiger partial charge in [-0.05, 0) is 87.9 Å². The lowest BCUT2D eigenvalue weighted by Crippen LogP contribution is -2.42. The summed E-state index contributed by atoms with van der Waals surface area (Å²) in [5, 5.41) is 6.35. The van der Waals surface area contributed by atoms with Crippen molar-refractivity contribution in [1.82, 2.24) is 10.6 Å². The molecule has 146 valence electrons. The third-order valence-electron chi connectivity index (χ3n) is 8.23. The maximum absolute atomic E-state index is 12.3. The molecule has 4 aliphatic rings. The molecule has 2 amide bonds. The highest BCUT2D eigenvalue weighted by molar-refractivity contribution is 5.84. The first-order chi connectivity index (χ1) is 12.5. The number of amides is 2. The lowest BCUT2D eigenvalue weighted by atomic mass is 9.84. The monoisotopic (exact) mass is 360 g/mol. The zero-order chi connectivity index (χ0) is 18.3. The van der Waals surface area contributed by atoms with E-state index in [1.165, 1.54) is 51.4 Å². The van der Waals surface area contributed by atoms with Crippen molar-refractivity contribution < 1.29 is 9.59 Å². The highest BCUT2D eigenvalue weighted by Crippen LogP contribution is 2.50. The van der Waals surface area contributed by atoms with E-state index < -0.39 is 0 Å². The maximum atomic E-state index is 12.3. The predicted octanol–water partition coefficient (Wildman–Crippen LogP) is 3.65. The Balaban J connectivity index is 1.15. The number of hydrogen-bond acceptors (Lipinski definition) is 2. The molecule has 0 aromatic rings. The van der Waals surface area contributed by atoms with Crippen molar-refractivity contribution in [3.63, 3.8) is 0 Å². The van der Waals surface area contributed by atoms with Crippen LogP contribution in [0.5, 0.6) is 0 Å². The van der Waals surface area contributed by atoms with E-state index in [2.05, 4.69) is 24.5 Å². The molecular formula is C22H36N2O2. The normalized spacial score (nSPS) is 39.8. The number of hydrogen-bond donors (Lipinski definition) is 2. The fourth-order valence-corrected chi connectivity index (χ4v) is 6.91. The highest BCUT2D eigenvalue weighted by Gasteiger charge is 2.43. The molecule has 0 aromatic carbocycles. The van der Waals surface area contributed by atoms with Crippen molar-refractivity contribution in [3.8, 4) is 0 Å². The summed E-state index contributed by atoms with van der Waals surface area (Å²) in [6, 6.07) is 0.516. The lowest BCUT2D eigenvalue weighted by Gasteiger charge is -2.29. The van der Waals surface area contributed by atoms with Gasteiger partial charge in [0.15, 0.2) is 0 Å². The minimum atomic E-state index is 0.0444. The van der Waals surface area contributed by atoms with Crippen LogP contribution >= 0.6 is 0 Å². The molecule has 0 radical (unpaired) electrons. The molecule has 0 unspecified atom stereocenters. The van der Waals surface area contributed by atoms with Gasteiger partial charge in [-0.15, -0.1) is 0 Å². The second-order valence-electron chi connectivity index (χ2n) is 9.89. The van der Waals surface area contributed by atoms with Crippen molar-refractivity contribution >= 4 is 11.8 Å². The Hall–Kier alpha value is -1.06. The van der Waals surface area contributed by atoms with Gasteiger partial charge in [0.1, 0.15) is 0 Å². The van der Waals surface area contributed by atoms with Gasteiger partial charge in [-0.1, -0.05) is 12.8 Å². The van der Waals surface area contributed by atoms with E-state index in [0.29, 0.717) is 24.7 Å². The van der Waals surface area contributed by atoms with Gasteiger partial charge in [0, 0.05) is 24.9 Å². The van der Waals surface area contributed by atoms with E-state index in [1.807, 2.05) is 0 Å². The summed E-state index contributed by atoms with van der Waals surface area (Å²) in [5.41, 5.74) is 0. The molecule has 0 saturated heterocycles. The first-order valence-electron chi connectivity index (χ1n) is 11.1. The first kappa shape index (κ1) is 18.3. The molecule has 4 rings (SSSR count). The first-order valence-corrected chi connectivity index (χ1v) is 11.1. The molecular weight excluding hydrogens is 324 g/mol. The van der Waals surface area contributed by atoms with Gasteiger partial charge in [0.25, 0.3) is 0 Å². The molecule has 4 saturated carbocycles. The van der Waals surface area contributed by atoms with Crippen molar-refractivity contribution in [3.05, 3.63) is 0 Å². The Labute approximate surface area is 158 Å². The number of carbonyl (C=O) groups excluding carboxylic acids is 2. The fourth-order valence-electron chi connectivity index (χ4n) is 6.91. The van der Waals surface area contributed by atoms with Crippen molar-refractivity contribution in [2.75, 3.05) is 0 Å². The van der Waals surface area contributed by atoms with Crippen molar-refractivity contribution in [2.45, 2.75) is 90.1 Å². The van der Waals surface area contributed by atoms with Crippen LogP contribution in [0.4, 0.5) is 0 Å². The van der Waals surface area contributed by atoms with Crippen LogP contribution in [0.2, 0.25) is 0 Å². The van der Waals surface area contributed by atoms with Crippen LogP contribution in [0.3, 0.4) is 0 Å². The van der Waals surface area contributed by atoms with Gasteiger partial charge in [0.05, 0.1) is 0 Å². The Morgan fingerprint density at radius 2 is 1.15 bits per heavy atom. The topological polar surface area (TPSA) is 58.2 Å². The number of nitrogens with one attached hydrogen (secondary N) is 2. The summed E-state index contributed by atoms with van der Waals surface area (Å²) in [6.45, 7) is 4.31. The summed E-state index contributed by atoms with van der Waals surface area (Å²) in [7, 11) is 0. The van der Waals surface area contributed by atoms with E-state index in [0.717, 1.165) is 23.7 Å². The van der Waals surface area contributed by atoms with E-state index in [-0.39, 0.29) is 23.9 Å². The van der Waals surface area contributed by atoms with Crippen LogP contribution in [-0.4, -0.2) is 23.9 Å². The van der Waals surface area contributed by atoms with Gasteiger partial charge < -0.3 is 10.6 Å². The average Bonchev–Trinajstić information content (AvgIpc) is 3.39. The third kappa shape index (κ3) is 3.80. The Bertz CT molecular complexity index is 500. The predicted molar refractivity (Wildman–Crippen MR) is 102 cm³/mol. The molecule has 0 spiro atoms. The number of fused-ring (bicyclic) bond motifs is 4. The van der Waals surface area contributed by atoms with Crippen LogP contribution in [0.1, 0.15) is 78.1 Å². The number of carbonyl (C=O) groups is 2. The van der Waals surface area contributed by atoms with E-state index >= 15 is 0 Å². The van der Waals surface area contributed by atoms with Gasteiger partial charge in [-0.2, -0.15) is 0 Å². The second-order valence-corrected chi connectivity index (χ2v) is 9.89. The largest absolute Gasteiger partial charge is 0.353 e. The summed E-state index contributed by atoms with van der Waals surface area (Å²) in [6.07, 6.45) is 11.4. The molecule has 4 fully saturated rings. The molecule has 4 heteroatoms. The van der Waals surface area contributed by atoms with Crippen LogP contribution in [-0.2, 0) is 9.59 Å². The van der Waals surface area contributed by atoms with Crippen LogP contribution in [0.25, 0.3) is 0 Å². The smallest absolute Gasteiger partial charge is 0.220 e. The SMILES string of the molecule is C[C@@H](NC(=O)CCC(=O)N[C@H](C)[C@@H]1C[C@@H]2CC[C@@H]1C2)[C@@H]1C[C@@H]2CC[C@@H]1C2. The molecule has 4 aliphatic carbocycles. The van der Waals surface area contributed by atoms with Gasteiger partial charge in [-0.25, -0.2) is 0 Å². The molecule has 4 nitrogen and oxygen atoms in total. The van der Waals surface area contributed by atoms with Gasteiger partial charge >= 0.3 is 0 Å². The minimum absolute atomic E-state index is 0.0444. The van der Waals surface area contributed by atoms with E-state index in [4.69, 9.17) is 0 Å². The summed E-state index contributed by atoms with van der Waals surface area (Å²) in [4.78, 5) is 24.6.